The molecule has 2 aromatic carbocycles. The monoisotopic (exact) mass is 334 g/mol. The molecule has 5 heteroatoms. The predicted molar refractivity (Wildman–Crippen MR) is 103 cm³/mol. The van der Waals surface area contributed by atoms with Gasteiger partial charge >= 0.3 is 0 Å². The van der Waals surface area contributed by atoms with Crippen molar-refractivity contribution in [1.29, 1.82) is 0 Å². The topological polar surface area (TPSA) is 59.3 Å². The Morgan fingerprint density at radius 3 is 2.60 bits per heavy atom. The van der Waals surface area contributed by atoms with E-state index in [0.717, 1.165) is 24.1 Å². The minimum atomic E-state index is -0.0692. The van der Waals surface area contributed by atoms with E-state index in [9.17, 15) is 4.79 Å². The summed E-state index contributed by atoms with van der Waals surface area (Å²) in [6.07, 6.45) is 1.93. The Balaban J connectivity index is 2.07. The second-order valence-electron chi connectivity index (χ2n) is 6.04. The summed E-state index contributed by atoms with van der Waals surface area (Å²) in [5.41, 5.74) is 5.61. The first kappa shape index (κ1) is 16.9. The van der Waals surface area contributed by atoms with Gasteiger partial charge < -0.3 is 0 Å². The zero-order valence-electron chi connectivity index (χ0n) is 14.6. The Morgan fingerprint density at radius 1 is 1.12 bits per heavy atom. The summed E-state index contributed by atoms with van der Waals surface area (Å²) in [7, 11) is 0. The van der Waals surface area contributed by atoms with Gasteiger partial charge in [0.2, 0.25) is 5.95 Å². The molecule has 1 heterocycles. The molecule has 0 aliphatic rings. The first-order valence-corrected chi connectivity index (χ1v) is 8.51. The molecule has 0 spiro atoms. The molecular weight excluding hydrogens is 312 g/mol. The molecule has 0 aliphatic heterocycles. The van der Waals surface area contributed by atoms with Gasteiger partial charge in [0, 0.05) is 5.71 Å². The van der Waals surface area contributed by atoms with E-state index in [2.05, 4.69) is 22.4 Å². The van der Waals surface area contributed by atoms with E-state index in [-0.39, 0.29) is 5.56 Å². The van der Waals surface area contributed by atoms with Crippen molar-refractivity contribution in [3.63, 3.8) is 0 Å². The molecule has 0 radical (unpaired) electrons. The second-order valence-corrected chi connectivity index (χ2v) is 6.04. The number of hydrogen-bond donors (Lipinski definition) is 1. The number of hydrogen-bond acceptors (Lipinski definition) is 4. The maximum atomic E-state index is 13.0. The number of fused-ring (bicyclic) bond motifs is 1. The van der Waals surface area contributed by atoms with Crippen molar-refractivity contribution < 1.29 is 0 Å². The summed E-state index contributed by atoms with van der Waals surface area (Å²) in [6.45, 7) is 4.53. The first-order chi connectivity index (χ1) is 12.2. The van der Waals surface area contributed by atoms with Crippen molar-refractivity contribution in [3.05, 3.63) is 70.5 Å². The molecule has 25 heavy (non-hydrogen) atoms. The lowest BCUT2D eigenvalue weighted by atomic mass is 10.2. The van der Waals surface area contributed by atoms with Crippen LogP contribution in [0.4, 0.5) is 5.95 Å². The van der Waals surface area contributed by atoms with Gasteiger partial charge in [0.15, 0.2) is 0 Å². The van der Waals surface area contributed by atoms with E-state index in [4.69, 9.17) is 0 Å². The maximum absolute atomic E-state index is 13.0. The number of benzene rings is 2. The highest BCUT2D eigenvalue weighted by molar-refractivity contribution is 5.82. The fraction of sp³-hybridized carbons (Fsp3) is 0.250. The van der Waals surface area contributed by atoms with Crippen LogP contribution < -0.4 is 11.0 Å². The van der Waals surface area contributed by atoms with Crippen LogP contribution in [0.3, 0.4) is 0 Å². The van der Waals surface area contributed by atoms with Crippen LogP contribution in [0.5, 0.6) is 0 Å². The molecule has 3 rings (SSSR count). The number of anilines is 1. The van der Waals surface area contributed by atoms with Crippen molar-refractivity contribution in [2.45, 2.75) is 33.2 Å². The molecule has 0 saturated carbocycles. The molecule has 0 saturated heterocycles. The lowest BCUT2D eigenvalue weighted by Gasteiger charge is -2.13. The van der Waals surface area contributed by atoms with Gasteiger partial charge in [-0.3, -0.25) is 9.36 Å². The number of aromatic nitrogens is 2. The van der Waals surface area contributed by atoms with Crippen LogP contribution in [0.1, 0.15) is 32.3 Å². The third kappa shape index (κ3) is 3.94. The number of hydrazone groups is 1. The molecule has 0 unspecified atom stereocenters. The summed E-state index contributed by atoms with van der Waals surface area (Å²) in [4.78, 5) is 17.6. The summed E-state index contributed by atoms with van der Waals surface area (Å²) in [6, 6.07) is 17.3. The van der Waals surface area contributed by atoms with Crippen LogP contribution in [0.15, 0.2) is 64.5 Å². The number of rotatable bonds is 6. The van der Waals surface area contributed by atoms with E-state index < -0.39 is 0 Å². The Kier molecular flexibility index (Phi) is 5.23. The molecule has 1 aromatic heterocycles. The lowest BCUT2D eigenvalue weighted by molar-refractivity contribution is 0.754. The summed E-state index contributed by atoms with van der Waals surface area (Å²) in [5, 5.41) is 4.99. The fourth-order valence-corrected chi connectivity index (χ4v) is 2.73. The van der Waals surface area contributed by atoms with Crippen LogP contribution in [-0.4, -0.2) is 15.3 Å². The van der Waals surface area contributed by atoms with Crippen LogP contribution >= 0.6 is 0 Å². The Morgan fingerprint density at radius 2 is 1.84 bits per heavy atom. The van der Waals surface area contributed by atoms with Gasteiger partial charge in [-0.1, -0.05) is 55.8 Å². The largest absolute Gasteiger partial charge is 0.272 e. The Bertz CT molecular complexity index is 945. The second kappa shape index (κ2) is 7.75. The zero-order valence-corrected chi connectivity index (χ0v) is 14.6. The van der Waals surface area contributed by atoms with Gasteiger partial charge in [-0.05, 0) is 31.0 Å². The normalized spacial score (nSPS) is 11.7. The van der Waals surface area contributed by atoms with Crippen LogP contribution in [0.2, 0.25) is 0 Å². The summed E-state index contributed by atoms with van der Waals surface area (Å²) >= 11 is 0. The third-order valence-corrected chi connectivity index (χ3v) is 4.00. The van der Waals surface area contributed by atoms with Gasteiger partial charge in [0.05, 0.1) is 17.4 Å². The first-order valence-electron chi connectivity index (χ1n) is 8.51. The highest BCUT2D eigenvalue weighted by atomic mass is 16.1. The highest BCUT2D eigenvalue weighted by Gasteiger charge is 2.11. The smallest absolute Gasteiger partial charge is 0.263 e. The van der Waals surface area contributed by atoms with Crippen molar-refractivity contribution in [3.8, 4) is 0 Å². The fourth-order valence-electron chi connectivity index (χ4n) is 2.73. The quantitative estimate of drug-likeness (QED) is 0.547. The highest BCUT2D eigenvalue weighted by Crippen LogP contribution is 2.13. The summed E-state index contributed by atoms with van der Waals surface area (Å²) in [5.74, 6) is 0.461. The van der Waals surface area contributed by atoms with Gasteiger partial charge in [0.1, 0.15) is 0 Å². The van der Waals surface area contributed by atoms with Gasteiger partial charge in [-0.15, -0.1) is 0 Å². The van der Waals surface area contributed by atoms with Gasteiger partial charge in [0.25, 0.3) is 5.56 Å². The minimum Gasteiger partial charge on any atom is -0.272 e. The molecule has 0 amide bonds. The van der Waals surface area contributed by atoms with Crippen LogP contribution in [0, 0.1) is 0 Å². The Labute approximate surface area is 147 Å². The molecular formula is C20H22N4O. The van der Waals surface area contributed by atoms with Crippen molar-refractivity contribution in [2.75, 3.05) is 5.43 Å². The van der Waals surface area contributed by atoms with Gasteiger partial charge in [-0.25, -0.2) is 10.4 Å². The third-order valence-electron chi connectivity index (χ3n) is 4.00. The van der Waals surface area contributed by atoms with E-state index in [1.165, 1.54) is 0 Å². The Hall–Kier alpha value is -2.95. The van der Waals surface area contributed by atoms with Crippen LogP contribution in [0.25, 0.3) is 10.9 Å². The summed E-state index contributed by atoms with van der Waals surface area (Å²) < 4.78 is 1.64. The molecule has 0 fully saturated rings. The minimum absolute atomic E-state index is 0.0692. The molecule has 0 atom stereocenters. The molecule has 0 bridgehead atoms. The average molecular weight is 334 g/mol. The molecule has 128 valence electrons. The van der Waals surface area contributed by atoms with Crippen LogP contribution in [-0.2, 0) is 6.54 Å². The van der Waals surface area contributed by atoms with E-state index in [0.29, 0.717) is 23.4 Å². The predicted octanol–water partition coefficient (Wildman–Crippen LogP) is 4.03. The number of nitrogens with zero attached hydrogens (tertiary/aromatic N) is 3. The molecule has 0 aliphatic carbocycles. The SMILES string of the molecule is CCC/C(C)=N/Nc1nc2ccccc2c(=O)n1Cc1ccccc1. The maximum Gasteiger partial charge on any atom is 0.263 e. The molecule has 3 aromatic rings. The molecule has 1 N–H and O–H groups in total. The molecule has 5 nitrogen and oxygen atoms in total. The number of para-hydroxylation sites is 1. The van der Waals surface area contributed by atoms with Crippen molar-refractivity contribution in [2.24, 2.45) is 5.10 Å². The average Bonchev–Trinajstić information content (AvgIpc) is 2.64. The lowest BCUT2D eigenvalue weighted by Crippen LogP contribution is -2.25. The van der Waals surface area contributed by atoms with E-state index in [1.54, 1.807) is 4.57 Å². The van der Waals surface area contributed by atoms with Crippen molar-refractivity contribution in [1.82, 2.24) is 9.55 Å². The van der Waals surface area contributed by atoms with Crippen molar-refractivity contribution >= 4 is 22.6 Å². The zero-order chi connectivity index (χ0) is 17.6. The van der Waals surface area contributed by atoms with Gasteiger partial charge in [-0.2, -0.15) is 5.10 Å². The number of nitrogens with one attached hydrogen (secondary N) is 1. The standard InChI is InChI=1S/C20H22N4O/c1-3-9-15(2)22-23-20-21-18-13-8-7-12-17(18)19(25)24(20)14-16-10-5-4-6-11-16/h4-8,10-13H,3,9,14H2,1-2H3,(H,21,23)/b22-15+. The van der Waals surface area contributed by atoms with E-state index in [1.807, 2.05) is 61.5 Å². The van der Waals surface area contributed by atoms with E-state index >= 15 is 0 Å².